The number of benzene rings is 1. The quantitative estimate of drug-likeness (QED) is 0.206. The van der Waals surface area contributed by atoms with Gasteiger partial charge in [0.25, 0.3) is 0 Å². The first-order valence-corrected chi connectivity index (χ1v) is 20.0. The van der Waals surface area contributed by atoms with E-state index in [0.717, 1.165) is 0 Å². The number of alkyl halides is 2. The Morgan fingerprint density at radius 2 is 1.64 bits per heavy atom. The molecule has 3 N–H and O–H groups in total. The number of methoxy groups -OCH3 is 1. The van der Waals surface area contributed by atoms with Crippen LogP contribution in [-0.4, -0.2) is 98.0 Å². The Bertz CT molecular complexity index is 2300. The molecule has 0 spiro atoms. The lowest BCUT2D eigenvalue weighted by Gasteiger charge is -2.34. The predicted octanol–water partition coefficient (Wildman–Crippen LogP) is 3.20. The summed E-state index contributed by atoms with van der Waals surface area (Å²) in [5.74, 6) is -0.203. The van der Waals surface area contributed by atoms with Gasteiger partial charge >= 0.3 is 21.3 Å². The molecule has 7 heterocycles. The Balaban J connectivity index is 0.924. The molecule has 3 aromatic heterocycles. The molecule has 4 aliphatic heterocycles. The number of nitrogens with zero attached hydrogens (tertiary/aromatic N) is 6. The summed E-state index contributed by atoms with van der Waals surface area (Å²) in [6.45, 7) is 3.47. The van der Waals surface area contributed by atoms with Crippen molar-refractivity contribution in [2.75, 3.05) is 32.7 Å². The maximum atomic E-state index is 16.7. The molecule has 0 saturated carbocycles. The minimum atomic E-state index is -4.52. The van der Waals surface area contributed by atoms with Crippen molar-refractivity contribution in [2.45, 2.75) is 75.6 Å². The number of nitrogens with one attached hydrogen (secondary N) is 1. The van der Waals surface area contributed by atoms with E-state index < -0.39 is 69.5 Å². The zero-order chi connectivity index (χ0) is 39.6. The molecule has 4 aromatic rings. The van der Waals surface area contributed by atoms with Crippen LogP contribution >= 0.6 is 15.6 Å². The van der Waals surface area contributed by atoms with Crippen molar-refractivity contribution < 1.29 is 64.0 Å². The van der Waals surface area contributed by atoms with Crippen LogP contribution < -0.4 is 35.3 Å². The number of rotatable bonds is 11. The molecule has 1 aromatic carbocycles. The second kappa shape index (κ2) is 14.3. The maximum absolute atomic E-state index is 16.7. The van der Waals surface area contributed by atoms with Crippen LogP contribution in [0.4, 0.5) is 14.7 Å². The van der Waals surface area contributed by atoms with Gasteiger partial charge in [-0.1, -0.05) is 6.07 Å². The third-order valence-corrected chi connectivity index (χ3v) is 12.1. The molecule has 4 aliphatic rings. The number of ether oxygens (including phenoxy) is 4. The van der Waals surface area contributed by atoms with Gasteiger partial charge in [0.2, 0.25) is 17.7 Å². The zero-order valence-electron chi connectivity index (χ0n) is 30.1. The van der Waals surface area contributed by atoms with Gasteiger partial charge in [-0.05, 0) is 32.9 Å². The van der Waals surface area contributed by atoms with Gasteiger partial charge in [-0.2, -0.15) is 15.0 Å². The number of anilines is 1. The van der Waals surface area contributed by atoms with Crippen molar-refractivity contribution in [3.8, 4) is 23.3 Å². The zero-order valence-corrected chi connectivity index (χ0v) is 31.8. The van der Waals surface area contributed by atoms with Gasteiger partial charge in [-0.3, -0.25) is 32.5 Å². The third kappa shape index (κ3) is 7.00. The van der Waals surface area contributed by atoms with Gasteiger partial charge < -0.3 is 33.7 Å². The van der Waals surface area contributed by atoms with E-state index in [1.54, 1.807) is 6.92 Å². The summed E-state index contributed by atoms with van der Waals surface area (Å²) < 4.78 is 118. The Kier molecular flexibility index (Phi) is 9.82. The molecule has 10 unspecified atom stereocenters. The largest absolute Gasteiger partial charge is 0.530 e. The Morgan fingerprint density at radius 3 is 2.29 bits per heavy atom. The highest BCUT2D eigenvalue weighted by Gasteiger charge is 2.63. The first-order valence-electron chi connectivity index (χ1n) is 17.1. The van der Waals surface area contributed by atoms with Crippen molar-refractivity contribution >= 4 is 32.8 Å². The number of fused-ring (bicyclic) bond motifs is 3. The van der Waals surface area contributed by atoms with Crippen LogP contribution in [0.2, 0.25) is 0 Å². The number of nitrogens with two attached hydrogens (primary N) is 1. The number of nitrogen functional groups attached to an aromatic ring is 1. The van der Waals surface area contributed by atoms with Gasteiger partial charge in [0.1, 0.15) is 42.1 Å². The van der Waals surface area contributed by atoms with E-state index in [-0.39, 0.29) is 66.9 Å². The van der Waals surface area contributed by atoms with Crippen molar-refractivity contribution in [3.63, 3.8) is 0 Å². The van der Waals surface area contributed by atoms with Gasteiger partial charge in [-0.25, -0.2) is 27.7 Å². The lowest BCUT2D eigenvalue weighted by Crippen LogP contribution is -2.50. The van der Waals surface area contributed by atoms with Crippen LogP contribution in [0.3, 0.4) is 0 Å². The number of imidazole rings is 1. The summed E-state index contributed by atoms with van der Waals surface area (Å²) in [6.07, 6.45) is -4.85. The SMILES string of the molecule is CCOc1nc(N)nc2c1ncn2C1OC2COP(=O)(Oc3cccc(OP4(=O)OCC5OC(NCn6ccc(OC)nc6=O)C(C)(F)C5O4)c3)OC2C1(C)F. The van der Waals surface area contributed by atoms with E-state index in [0.29, 0.717) is 0 Å². The second-order valence-electron chi connectivity index (χ2n) is 13.3. The minimum absolute atomic E-state index is 0.110. The molecule has 4 fully saturated rings. The molecule has 8 rings (SSSR count). The van der Waals surface area contributed by atoms with Crippen LogP contribution in [0, 0.1) is 0 Å². The van der Waals surface area contributed by atoms with Gasteiger partial charge in [0.15, 0.2) is 28.7 Å². The lowest BCUT2D eigenvalue weighted by molar-refractivity contribution is -0.0655. The Labute approximate surface area is 315 Å². The number of halogens is 2. The molecule has 21 nitrogen and oxygen atoms in total. The molecule has 10 atom stereocenters. The lowest BCUT2D eigenvalue weighted by atomic mass is 9.98. The van der Waals surface area contributed by atoms with Gasteiger partial charge in [0, 0.05) is 18.3 Å². The molecular formula is C31H36F2N8O13P2. The van der Waals surface area contributed by atoms with Crippen molar-refractivity contribution in [2.24, 2.45) is 0 Å². The monoisotopic (exact) mass is 828 g/mol. The third-order valence-electron chi connectivity index (χ3n) is 9.36. The number of phosphoric acid groups is 2. The molecule has 56 heavy (non-hydrogen) atoms. The topological polar surface area (TPSA) is 243 Å². The summed E-state index contributed by atoms with van der Waals surface area (Å²) in [4.78, 5) is 28.5. The molecular weight excluding hydrogens is 792 g/mol. The fourth-order valence-corrected chi connectivity index (χ4v) is 9.66. The molecule has 0 amide bonds. The molecule has 4 saturated heterocycles. The highest BCUT2D eigenvalue weighted by Crippen LogP contribution is 2.61. The van der Waals surface area contributed by atoms with Gasteiger partial charge in [0.05, 0.1) is 39.9 Å². The molecule has 0 aliphatic carbocycles. The first kappa shape index (κ1) is 38.6. The Morgan fingerprint density at radius 1 is 0.982 bits per heavy atom. The van der Waals surface area contributed by atoms with Crippen molar-refractivity contribution in [3.05, 3.63) is 53.3 Å². The van der Waals surface area contributed by atoms with Gasteiger partial charge in [-0.15, -0.1) is 0 Å². The summed E-state index contributed by atoms with van der Waals surface area (Å²) in [6, 6.07) is 6.77. The Hall–Kier alpha value is -4.31. The van der Waals surface area contributed by atoms with E-state index in [1.165, 1.54) is 72.9 Å². The van der Waals surface area contributed by atoms with E-state index in [1.807, 2.05) is 0 Å². The van der Waals surface area contributed by atoms with Crippen LogP contribution in [0.5, 0.6) is 23.3 Å². The van der Waals surface area contributed by atoms with Crippen LogP contribution in [0.15, 0.2) is 47.7 Å². The predicted molar refractivity (Wildman–Crippen MR) is 185 cm³/mol. The summed E-state index contributed by atoms with van der Waals surface area (Å²) in [5, 5.41) is 2.80. The van der Waals surface area contributed by atoms with Crippen molar-refractivity contribution in [1.82, 2.24) is 34.4 Å². The van der Waals surface area contributed by atoms with E-state index in [9.17, 15) is 13.9 Å². The number of hydrogen-bond acceptors (Lipinski definition) is 19. The summed E-state index contributed by atoms with van der Waals surface area (Å²) >= 11 is 0. The van der Waals surface area contributed by atoms with Crippen LogP contribution in [0.25, 0.3) is 11.2 Å². The summed E-state index contributed by atoms with van der Waals surface area (Å²) in [5.41, 5.74) is 0.977. The fourth-order valence-electron chi connectivity index (χ4n) is 6.70. The van der Waals surface area contributed by atoms with Crippen LogP contribution in [0.1, 0.15) is 27.0 Å². The minimum Gasteiger partial charge on any atom is -0.481 e. The number of aromatic nitrogens is 6. The maximum Gasteiger partial charge on any atom is 0.530 e. The number of hydrogen-bond donors (Lipinski definition) is 2. The number of phosphoric ester groups is 2. The standard InChI is InChI=1S/C31H36F2N8O13P2/c1-5-46-25-21-24(38-28(34)39-25)41(15-35-21)27-31(3,33)23-19(50-27)13-48-56(44,54-23)52-17-8-6-7-16(11-17)51-55(43)47-12-18-22(53-55)30(2,32)26(49-18)36-14-40-10-9-20(45-4)37-29(40)42/h6-11,15,18-19,22-23,26-27,36H,5,12-14H2,1-4H3,(H2,34,38,39). The highest BCUT2D eigenvalue weighted by atomic mass is 31.2. The first-order chi connectivity index (χ1) is 26.6. The normalized spacial score (nSPS) is 35.2. The van der Waals surface area contributed by atoms with Crippen molar-refractivity contribution in [1.29, 1.82) is 0 Å². The molecule has 0 radical (unpaired) electrons. The molecule has 302 valence electrons. The highest BCUT2D eigenvalue weighted by molar-refractivity contribution is 7.49. The van der Waals surface area contributed by atoms with Crippen LogP contribution in [-0.2, 0) is 43.4 Å². The van der Waals surface area contributed by atoms with E-state index >= 15 is 8.78 Å². The average Bonchev–Trinajstić information content (AvgIpc) is 3.75. The van der Waals surface area contributed by atoms with E-state index in [4.69, 9.17) is 51.8 Å². The second-order valence-corrected chi connectivity index (χ2v) is 16.4. The molecule has 25 heteroatoms. The summed E-state index contributed by atoms with van der Waals surface area (Å²) in [7, 11) is -7.64. The average molecular weight is 829 g/mol. The smallest absolute Gasteiger partial charge is 0.481 e. The molecule has 0 bridgehead atoms. The van der Waals surface area contributed by atoms with E-state index in [2.05, 4.69) is 25.3 Å². The fraction of sp³-hybridized carbons (Fsp3) is 0.516.